The number of halogens is 1. The number of carbonyl (C=O) groups excluding carboxylic acids is 1. The van der Waals surface area contributed by atoms with Crippen molar-refractivity contribution >= 4 is 23.5 Å². The molecule has 21 heavy (non-hydrogen) atoms. The topological polar surface area (TPSA) is 72.8 Å². The standard InChI is InChI=1S/C15H17ClO5/c1-3-20-14(19)15(2,13(17)18)8-10-7-11(16)6-9-4-5-21-12(9)10/h6-7H,3-5,8H2,1-2H3,(H,17,18). The Morgan fingerprint density at radius 1 is 1.48 bits per heavy atom. The molecule has 2 rings (SSSR count). The second kappa shape index (κ2) is 5.93. The smallest absolute Gasteiger partial charge is 0.323 e. The minimum atomic E-state index is -1.67. The zero-order valence-electron chi connectivity index (χ0n) is 11.9. The number of aliphatic carboxylic acids is 1. The third-order valence-electron chi connectivity index (χ3n) is 3.57. The second-order valence-corrected chi connectivity index (χ2v) is 5.62. The Labute approximate surface area is 127 Å². The zero-order valence-corrected chi connectivity index (χ0v) is 12.7. The Morgan fingerprint density at radius 2 is 2.19 bits per heavy atom. The molecule has 1 aromatic carbocycles. The van der Waals surface area contributed by atoms with Crippen LogP contribution in [0, 0.1) is 5.41 Å². The summed E-state index contributed by atoms with van der Waals surface area (Å²) in [5.74, 6) is -1.35. The molecule has 0 aromatic heterocycles. The molecule has 0 spiro atoms. The number of esters is 1. The van der Waals surface area contributed by atoms with E-state index in [2.05, 4.69) is 0 Å². The van der Waals surface area contributed by atoms with E-state index in [4.69, 9.17) is 21.1 Å². The molecule has 0 fully saturated rings. The van der Waals surface area contributed by atoms with Gasteiger partial charge in [-0.15, -0.1) is 0 Å². The molecule has 0 saturated heterocycles. The maximum Gasteiger partial charge on any atom is 0.323 e. The van der Waals surface area contributed by atoms with E-state index in [0.29, 0.717) is 22.9 Å². The average molecular weight is 313 g/mol. The molecule has 1 aliphatic rings. The van der Waals surface area contributed by atoms with E-state index in [0.717, 1.165) is 12.0 Å². The van der Waals surface area contributed by atoms with Crippen LogP contribution >= 0.6 is 11.6 Å². The van der Waals surface area contributed by atoms with Gasteiger partial charge in [0.15, 0.2) is 5.41 Å². The lowest BCUT2D eigenvalue weighted by atomic mass is 9.83. The fraction of sp³-hybridized carbons (Fsp3) is 0.467. The summed E-state index contributed by atoms with van der Waals surface area (Å²) in [5, 5.41) is 9.94. The number of carbonyl (C=O) groups is 2. The molecular formula is C15H17ClO5. The van der Waals surface area contributed by atoms with Crippen molar-refractivity contribution in [2.75, 3.05) is 13.2 Å². The van der Waals surface area contributed by atoms with Crippen LogP contribution in [0.2, 0.25) is 5.02 Å². The quantitative estimate of drug-likeness (QED) is 0.668. The van der Waals surface area contributed by atoms with Crippen LogP contribution in [0.4, 0.5) is 0 Å². The highest BCUT2D eigenvalue weighted by atomic mass is 35.5. The molecule has 0 amide bonds. The van der Waals surface area contributed by atoms with Crippen molar-refractivity contribution in [3.8, 4) is 5.75 Å². The highest BCUT2D eigenvalue weighted by molar-refractivity contribution is 6.30. The molecular weight excluding hydrogens is 296 g/mol. The van der Waals surface area contributed by atoms with Crippen LogP contribution in [-0.4, -0.2) is 30.3 Å². The lowest BCUT2D eigenvalue weighted by Gasteiger charge is -2.23. The first-order valence-electron chi connectivity index (χ1n) is 6.73. The van der Waals surface area contributed by atoms with Gasteiger partial charge in [0.25, 0.3) is 0 Å². The minimum Gasteiger partial charge on any atom is -0.493 e. The number of carboxylic acid groups (broad SMARTS) is 1. The number of rotatable bonds is 5. The lowest BCUT2D eigenvalue weighted by molar-refractivity contribution is -0.167. The fourth-order valence-electron chi connectivity index (χ4n) is 2.38. The van der Waals surface area contributed by atoms with E-state index in [1.807, 2.05) is 0 Å². The Morgan fingerprint density at radius 3 is 2.81 bits per heavy atom. The average Bonchev–Trinajstić information content (AvgIpc) is 2.86. The normalized spacial score (nSPS) is 15.8. The van der Waals surface area contributed by atoms with E-state index >= 15 is 0 Å². The summed E-state index contributed by atoms with van der Waals surface area (Å²) in [7, 11) is 0. The van der Waals surface area contributed by atoms with Gasteiger partial charge in [-0.25, -0.2) is 0 Å². The first-order valence-corrected chi connectivity index (χ1v) is 7.11. The van der Waals surface area contributed by atoms with E-state index in [1.54, 1.807) is 19.1 Å². The molecule has 1 atom stereocenters. The van der Waals surface area contributed by atoms with Crippen molar-refractivity contribution < 1.29 is 24.2 Å². The summed E-state index contributed by atoms with van der Waals surface area (Å²) in [6.45, 7) is 3.66. The van der Waals surface area contributed by atoms with Crippen LogP contribution < -0.4 is 4.74 Å². The number of ether oxygens (including phenoxy) is 2. The number of hydrogen-bond donors (Lipinski definition) is 1. The number of fused-ring (bicyclic) bond motifs is 1. The summed E-state index contributed by atoms with van der Waals surface area (Å²) in [4.78, 5) is 23.6. The Kier molecular flexibility index (Phi) is 4.42. The van der Waals surface area contributed by atoms with Gasteiger partial charge in [-0.2, -0.15) is 0 Å². The molecule has 6 heteroatoms. The van der Waals surface area contributed by atoms with Crippen molar-refractivity contribution in [1.82, 2.24) is 0 Å². The minimum absolute atomic E-state index is 0.0238. The van der Waals surface area contributed by atoms with Gasteiger partial charge in [0.05, 0.1) is 13.2 Å². The van der Waals surface area contributed by atoms with Gasteiger partial charge < -0.3 is 14.6 Å². The van der Waals surface area contributed by atoms with Crippen LogP contribution in [0.3, 0.4) is 0 Å². The molecule has 1 aromatic rings. The molecule has 0 saturated carbocycles. The maximum absolute atomic E-state index is 12.0. The van der Waals surface area contributed by atoms with Crippen LogP contribution in [0.25, 0.3) is 0 Å². The van der Waals surface area contributed by atoms with Gasteiger partial charge >= 0.3 is 11.9 Å². The highest BCUT2D eigenvalue weighted by Gasteiger charge is 2.44. The van der Waals surface area contributed by atoms with Crippen molar-refractivity contribution in [2.45, 2.75) is 26.7 Å². The number of carboxylic acids is 1. The Bertz CT molecular complexity index is 584. The van der Waals surface area contributed by atoms with Gasteiger partial charge in [-0.1, -0.05) is 11.6 Å². The largest absolute Gasteiger partial charge is 0.493 e. The molecule has 5 nitrogen and oxygen atoms in total. The van der Waals surface area contributed by atoms with Crippen molar-refractivity contribution in [3.05, 3.63) is 28.3 Å². The first kappa shape index (κ1) is 15.6. The molecule has 0 bridgehead atoms. The van der Waals surface area contributed by atoms with Crippen LogP contribution in [0.1, 0.15) is 25.0 Å². The second-order valence-electron chi connectivity index (χ2n) is 5.19. The SMILES string of the molecule is CCOC(=O)C(C)(Cc1cc(Cl)cc2c1OCC2)C(=O)O. The van der Waals surface area contributed by atoms with Crippen LogP contribution in [0.5, 0.6) is 5.75 Å². The van der Waals surface area contributed by atoms with E-state index < -0.39 is 17.4 Å². The van der Waals surface area contributed by atoms with Gasteiger partial charge in [0, 0.05) is 17.9 Å². The lowest BCUT2D eigenvalue weighted by Crippen LogP contribution is -2.40. The van der Waals surface area contributed by atoms with Crippen molar-refractivity contribution in [2.24, 2.45) is 5.41 Å². The Hall–Kier alpha value is -1.75. The summed E-state index contributed by atoms with van der Waals surface area (Å²) in [5.41, 5.74) is -0.109. The molecule has 1 heterocycles. The van der Waals surface area contributed by atoms with Crippen LogP contribution in [-0.2, 0) is 27.2 Å². The summed E-state index contributed by atoms with van der Waals surface area (Å²) in [6.07, 6.45) is 0.705. The zero-order chi connectivity index (χ0) is 15.6. The monoisotopic (exact) mass is 312 g/mol. The Balaban J connectivity index is 2.38. The summed E-state index contributed by atoms with van der Waals surface area (Å²) >= 11 is 6.06. The molecule has 1 N–H and O–H groups in total. The number of hydrogen-bond acceptors (Lipinski definition) is 4. The van der Waals surface area contributed by atoms with Gasteiger partial charge in [0.1, 0.15) is 5.75 Å². The predicted molar refractivity (Wildman–Crippen MR) is 76.7 cm³/mol. The predicted octanol–water partition coefficient (Wildman–Crippen LogP) is 2.47. The first-order chi connectivity index (χ1) is 9.88. The van der Waals surface area contributed by atoms with Crippen molar-refractivity contribution in [3.63, 3.8) is 0 Å². The van der Waals surface area contributed by atoms with Gasteiger partial charge in [-0.3, -0.25) is 9.59 Å². The maximum atomic E-state index is 12.0. The number of benzene rings is 1. The van der Waals surface area contributed by atoms with Crippen molar-refractivity contribution in [1.29, 1.82) is 0 Å². The van der Waals surface area contributed by atoms with Gasteiger partial charge in [-0.05, 0) is 37.1 Å². The summed E-state index contributed by atoms with van der Waals surface area (Å²) in [6, 6.07) is 3.45. The summed E-state index contributed by atoms with van der Waals surface area (Å²) < 4.78 is 10.4. The van der Waals surface area contributed by atoms with E-state index in [-0.39, 0.29) is 13.0 Å². The third kappa shape index (κ3) is 2.97. The fourth-order valence-corrected chi connectivity index (χ4v) is 2.65. The van der Waals surface area contributed by atoms with Crippen LogP contribution in [0.15, 0.2) is 12.1 Å². The van der Waals surface area contributed by atoms with E-state index in [1.165, 1.54) is 6.92 Å². The molecule has 0 aliphatic carbocycles. The molecule has 114 valence electrons. The highest BCUT2D eigenvalue weighted by Crippen LogP contribution is 2.37. The molecule has 0 radical (unpaired) electrons. The molecule has 1 aliphatic heterocycles. The van der Waals surface area contributed by atoms with E-state index in [9.17, 15) is 14.7 Å². The third-order valence-corrected chi connectivity index (χ3v) is 3.79. The van der Waals surface area contributed by atoms with Gasteiger partial charge in [0.2, 0.25) is 0 Å². The molecule has 1 unspecified atom stereocenters.